The average Bonchev–Trinajstić information content (AvgIpc) is 3.82. The largest absolute Gasteiger partial charge is 0.356 e. The number of nitrogens with one attached hydrogen (secondary N) is 1. The van der Waals surface area contributed by atoms with Crippen LogP contribution in [-0.2, 0) is 5.41 Å². The van der Waals surface area contributed by atoms with Gasteiger partial charge in [0, 0.05) is 11.4 Å². The Kier molecular flexibility index (Phi) is 6.27. The average molecular weight is 580 g/mol. The fraction of sp³-hybridized carbons (Fsp3) is 0.182. The van der Waals surface area contributed by atoms with Gasteiger partial charge in [-0.3, -0.25) is 0 Å². The minimum atomic E-state index is -0.360. The Hall–Kier alpha value is -4.88. The quantitative estimate of drug-likeness (QED) is 0.207. The normalized spacial score (nSPS) is 20.5. The lowest BCUT2D eigenvalue weighted by Crippen LogP contribution is -2.28. The Balaban J connectivity index is 1.07. The zero-order valence-electron chi connectivity index (χ0n) is 25.5. The number of anilines is 2. The molecule has 3 unspecified atom stereocenters. The Morgan fingerprint density at radius 3 is 1.80 bits per heavy atom. The maximum Gasteiger partial charge on any atom is 0.0713 e. The van der Waals surface area contributed by atoms with Gasteiger partial charge in [-0.15, -0.1) is 0 Å². The van der Waals surface area contributed by atoms with E-state index in [9.17, 15) is 0 Å². The van der Waals surface area contributed by atoms with Gasteiger partial charge in [-0.1, -0.05) is 134 Å². The molecular formula is C44H37N. The predicted octanol–water partition coefficient (Wildman–Crippen LogP) is 11.4. The molecule has 0 saturated heterocycles. The fourth-order valence-electron chi connectivity index (χ4n) is 9.14. The summed E-state index contributed by atoms with van der Waals surface area (Å²) in [5, 5.41) is 3.74. The van der Waals surface area contributed by atoms with Crippen LogP contribution in [0.1, 0.15) is 59.4 Å². The molecule has 3 aliphatic rings. The molecule has 3 atom stereocenters. The standard InChI is InChI=1S/C44H37N/c1-3-11-33(12-4-1)44(34-13-5-2-6-14-34)42-18-10-9-17-39(42)41-29-36(25-26-43(41)44)45-35-23-21-31(22-24-35)37-15-7-8-16-38(37)40-28-30-19-20-32(40)27-30/h1-18,21-26,29-30,32,40,45H,19-20,27-28H2. The van der Waals surface area contributed by atoms with Gasteiger partial charge in [0.2, 0.25) is 0 Å². The number of benzene rings is 6. The first kappa shape index (κ1) is 26.5. The van der Waals surface area contributed by atoms with Crippen LogP contribution in [0.2, 0.25) is 0 Å². The first-order valence-electron chi connectivity index (χ1n) is 16.6. The van der Waals surface area contributed by atoms with Crippen LogP contribution in [0, 0.1) is 11.8 Å². The van der Waals surface area contributed by atoms with E-state index in [1.807, 2.05) is 0 Å². The summed E-state index contributed by atoms with van der Waals surface area (Å²) < 4.78 is 0. The Bertz CT molecular complexity index is 1950. The van der Waals surface area contributed by atoms with E-state index >= 15 is 0 Å². The molecule has 1 heteroatoms. The summed E-state index contributed by atoms with van der Waals surface area (Å²) in [6, 6.07) is 56.1. The molecule has 1 N–H and O–H groups in total. The van der Waals surface area contributed by atoms with Gasteiger partial charge in [0.25, 0.3) is 0 Å². The van der Waals surface area contributed by atoms with Crippen LogP contribution in [-0.4, -0.2) is 0 Å². The van der Waals surface area contributed by atoms with E-state index < -0.39 is 0 Å². The zero-order valence-corrected chi connectivity index (χ0v) is 25.5. The van der Waals surface area contributed by atoms with Crippen LogP contribution in [0.3, 0.4) is 0 Å². The summed E-state index contributed by atoms with van der Waals surface area (Å²) in [5.41, 5.74) is 14.0. The van der Waals surface area contributed by atoms with Crippen LogP contribution >= 0.6 is 0 Å². The molecule has 3 aliphatic carbocycles. The molecule has 2 bridgehead atoms. The third kappa shape index (κ3) is 4.21. The highest BCUT2D eigenvalue weighted by Gasteiger charge is 2.46. The van der Waals surface area contributed by atoms with Crippen LogP contribution in [0.5, 0.6) is 0 Å². The lowest BCUT2D eigenvalue weighted by Gasteiger charge is -2.33. The minimum absolute atomic E-state index is 0.360. The maximum atomic E-state index is 3.74. The second kappa shape index (κ2) is 10.6. The molecule has 6 aromatic rings. The first-order valence-corrected chi connectivity index (χ1v) is 16.6. The van der Waals surface area contributed by atoms with Gasteiger partial charge in [0.1, 0.15) is 0 Å². The van der Waals surface area contributed by atoms with Crippen LogP contribution in [0.4, 0.5) is 11.4 Å². The molecule has 9 rings (SSSR count). The molecule has 1 nitrogen and oxygen atoms in total. The van der Waals surface area contributed by atoms with Gasteiger partial charge in [-0.25, -0.2) is 0 Å². The summed E-state index contributed by atoms with van der Waals surface area (Å²) >= 11 is 0. The SMILES string of the molecule is c1ccc(C2(c3ccccc3)c3ccccc3-c3cc(Nc4ccc(-c5ccccc5C5CC6CCC5C6)cc4)ccc32)cc1. The monoisotopic (exact) mass is 579 g/mol. The predicted molar refractivity (Wildman–Crippen MR) is 187 cm³/mol. The van der Waals surface area contributed by atoms with E-state index in [0.717, 1.165) is 29.1 Å². The van der Waals surface area contributed by atoms with E-state index in [1.54, 1.807) is 5.56 Å². The maximum absolute atomic E-state index is 3.74. The second-order valence-corrected chi connectivity index (χ2v) is 13.4. The highest BCUT2D eigenvalue weighted by Crippen LogP contribution is 2.57. The smallest absolute Gasteiger partial charge is 0.0713 e. The first-order chi connectivity index (χ1) is 22.3. The van der Waals surface area contributed by atoms with Crippen molar-refractivity contribution >= 4 is 11.4 Å². The molecule has 0 radical (unpaired) electrons. The number of fused-ring (bicyclic) bond motifs is 5. The van der Waals surface area contributed by atoms with Crippen molar-refractivity contribution in [1.82, 2.24) is 0 Å². The number of rotatable bonds is 6. The molecule has 2 fully saturated rings. The van der Waals surface area contributed by atoms with Crippen molar-refractivity contribution in [2.24, 2.45) is 11.8 Å². The van der Waals surface area contributed by atoms with Crippen molar-refractivity contribution in [3.05, 3.63) is 179 Å². The second-order valence-electron chi connectivity index (χ2n) is 13.4. The minimum Gasteiger partial charge on any atom is -0.356 e. The molecule has 0 spiro atoms. The molecule has 2 saturated carbocycles. The molecule has 0 amide bonds. The summed E-state index contributed by atoms with van der Waals surface area (Å²) in [6.45, 7) is 0. The fourth-order valence-corrected chi connectivity index (χ4v) is 9.14. The third-order valence-electron chi connectivity index (χ3n) is 11.0. The third-order valence-corrected chi connectivity index (χ3v) is 11.0. The molecule has 6 aromatic carbocycles. The van der Waals surface area contributed by atoms with Crippen molar-refractivity contribution in [3.63, 3.8) is 0 Å². The molecule has 0 aromatic heterocycles. The summed E-state index contributed by atoms with van der Waals surface area (Å²) in [4.78, 5) is 0. The van der Waals surface area contributed by atoms with E-state index in [1.165, 1.54) is 70.2 Å². The van der Waals surface area contributed by atoms with E-state index in [-0.39, 0.29) is 5.41 Å². The Labute approximate surface area is 266 Å². The van der Waals surface area contributed by atoms with Crippen molar-refractivity contribution in [1.29, 1.82) is 0 Å². The van der Waals surface area contributed by atoms with Crippen LogP contribution < -0.4 is 5.32 Å². The van der Waals surface area contributed by atoms with E-state index in [2.05, 4.69) is 157 Å². The number of hydrogen-bond acceptors (Lipinski definition) is 1. The van der Waals surface area contributed by atoms with Crippen molar-refractivity contribution < 1.29 is 0 Å². The van der Waals surface area contributed by atoms with Gasteiger partial charge in [0.05, 0.1) is 5.41 Å². The zero-order chi connectivity index (χ0) is 29.8. The van der Waals surface area contributed by atoms with E-state index in [4.69, 9.17) is 0 Å². The Morgan fingerprint density at radius 2 is 1.11 bits per heavy atom. The summed E-state index contributed by atoms with van der Waals surface area (Å²) in [5.74, 6) is 2.56. The highest BCUT2D eigenvalue weighted by molar-refractivity contribution is 5.88. The lowest BCUT2D eigenvalue weighted by molar-refractivity contribution is 0.420. The van der Waals surface area contributed by atoms with Gasteiger partial charge >= 0.3 is 0 Å². The van der Waals surface area contributed by atoms with Crippen molar-refractivity contribution in [3.8, 4) is 22.3 Å². The van der Waals surface area contributed by atoms with E-state index in [0.29, 0.717) is 0 Å². The van der Waals surface area contributed by atoms with Gasteiger partial charge in [0.15, 0.2) is 0 Å². The molecular weight excluding hydrogens is 542 g/mol. The van der Waals surface area contributed by atoms with Crippen molar-refractivity contribution in [2.75, 3.05) is 5.32 Å². The summed E-state index contributed by atoms with van der Waals surface area (Å²) in [6.07, 6.45) is 5.66. The molecule has 218 valence electrons. The Morgan fingerprint density at radius 1 is 0.489 bits per heavy atom. The summed E-state index contributed by atoms with van der Waals surface area (Å²) in [7, 11) is 0. The van der Waals surface area contributed by atoms with Gasteiger partial charge in [-0.2, -0.15) is 0 Å². The lowest BCUT2D eigenvalue weighted by atomic mass is 9.68. The molecule has 45 heavy (non-hydrogen) atoms. The van der Waals surface area contributed by atoms with Gasteiger partial charge in [-0.05, 0) is 111 Å². The van der Waals surface area contributed by atoms with Crippen LogP contribution in [0.25, 0.3) is 22.3 Å². The van der Waals surface area contributed by atoms with Crippen LogP contribution in [0.15, 0.2) is 152 Å². The highest BCUT2D eigenvalue weighted by atomic mass is 14.9. The topological polar surface area (TPSA) is 12.0 Å². The molecule has 0 aliphatic heterocycles. The van der Waals surface area contributed by atoms with Crippen molar-refractivity contribution in [2.45, 2.75) is 37.0 Å². The number of hydrogen-bond donors (Lipinski definition) is 1. The van der Waals surface area contributed by atoms with Gasteiger partial charge < -0.3 is 5.32 Å². The molecule has 0 heterocycles.